The van der Waals surface area contributed by atoms with Crippen molar-refractivity contribution in [3.63, 3.8) is 0 Å². The number of ether oxygens (including phenoxy) is 10. The van der Waals surface area contributed by atoms with E-state index in [4.69, 9.17) is 197 Å². The largest absolute Gasteiger partial charge is 0.508 e. The highest BCUT2D eigenvalue weighted by molar-refractivity contribution is 9.10. The van der Waals surface area contributed by atoms with Crippen molar-refractivity contribution in [2.45, 2.75) is 19.6 Å². The molecule has 0 saturated carbocycles. The third-order valence-electron chi connectivity index (χ3n) is 16.5. The summed E-state index contributed by atoms with van der Waals surface area (Å²) >= 11 is 75.0. The summed E-state index contributed by atoms with van der Waals surface area (Å²) in [7, 11) is 7.87. The molecular weight excluding hydrogens is 1950 g/mol. The molecule has 0 unspecified atom stereocenters. The number of benzene rings is 9. The van der Waals surface area contributed by atoms with Crippen LogP contribution in [-0.2, 0) is 43.3 Å². The molecule has 7 N–H and O–H groups in total. The first-order valence-electron chi connectivity index (χ1n) is 36.9. The summed E-state index contributed by atoms with van der Waals surface area (Å²) in [6.07, 6.45) is 4.37. The number of carboxylic acids is 1. The lowest BCUT2D eigenvalue weighted by atomic mass is 10.1. The Kier molecular flexibility index (Phi) is 46.9. The number of aldehydes is 2. The Bertz CT molecular complexity index is 5270. The van der Waals surface area contributed by atoms with Crippen molar-refractivity contribution in [1.82, 2.24) is 25.9 Å². The molecule has 25 nitrogen and oxygen atoms in total. The molecule has 11 rings (SSSR count). The van der Waals surface area contributed by atoms with Crippen LogP contribution < -0.4 is 50.8 Å². The molecule has 0 aliphatic heterocycles. The van der Waals surface area contributed by atoms with Crippen molar-refractivity contribution < 1.29 is 86.3 Å². The van der Waals surface area contributed by atoms with E-state index in [1.807, 2.05) is 84.9 Å². The number of H-pyrrole nitrogens is 2. The Balaban J connectivity index is 0.000000241. The first-order valence-corrected chi connectivity index (χ1v) is 42.2. The van der Waals surface area contributed by atoms with Gasteiger partial charge >= 0.3 is 5.97 Å². The molecule has 11 aromatic rings. The van der Waals surface area contributed by atoms with E-state index in [9.17, 15) is 38.4 Å². The van der Waals surface area contributed by atoms with Gasteiger partial charge in [0.15, 0.2) is 12.6 Å². The minimum absolute atomic E-state index is 0.0485. The maximum absolute atomic E-state index is 12.6. The monoisotopic (exact) mass is 2030 g/mol. The molecule has 0 fully saturated rings. The van der Waals surface area contributed by atoms with E-state index >= 15 is 0 Å². The molecule has 0 spiro atoms. The van der Waals surface area contributed by atoms with Gasteiger partial charge in [-0.15, -0.1) is 0 Å². The van der Waals surface area contributed by atoms with Gasteiger partial charge in [-0.3, -0.25) is 33.6 Å². The molecule has 0 saturated heterocycles. The van der Waals surface area contributed by atoms with Gasteiger partial charge in [0, 0.05) is 84.2 Å². The topological polar surface area (TPSA) is 337 Å². The van der Waals surface area contributed by atoms with Gasteiger partial charge in [-0.2, -0.15) is 0 Å². The summed E-state index contributed by atoms with van der Waals surface area (Å²) in [5.74, 6) is 0.0405. The van der Waals surface area contributed by atoms with Gasteiger partial charge in [0.25, 0.3) is 17.7 Å². The lowest BCUT2D eigenvalue weighted by molar-refractivity contribution is 0.0695. The predicted octanol–water partition coefficient (Wildman–Crippen LogP) is 21.4. The zero-order chi connectivity index (χ0) is 92.4. The fourth-order valence-corrected chi connectivity index (χ4v) is 14.3. The zero-order valence-electron chi connectivity index (χ0n) is 67.3. The van der Waals surface area contributed by atoms with Crippen LogP contribution in [0.2, 0.25) is 60.3 Å². The smallest absolute Gasteiger partial charge is 0.338 e. The number of aromatic nitrogens is 2. The Morgan fingerprint density at radius 2 is 0.571 bits per heavy atom. The predicted molar refractivity (Wildman–Crippen MR) is 498 cm³/mol. The fourth-order valence-electron chi connectivity index (χ4n) is 10.3. The Hall–Kier alpha value is -9.34. The van der Waals surface area contributed by atoms with Gasteiger partial charge in [-0.1, -0.05) is 216 Å². The van der Waals surface area contributed by atoms with Crippen LogP contribution in [0.1, 0.15) is 78.8 Å². The molecule has 0 bridgehead atoms. The van der Waals surface area contributed by atoms with Crippen molar-refractivity contribution in [3.05, 3.63) is 318 Å². The normalized spacial score (nSPS) is 10.4. The fraction of sp³-hybridized carbons (Fsp3) is 0.205. The molecule has 2 aromatic heterocycles. The highest BCUT2D eigenvalue weighted by Gasteiger charge is 2.22. The van der Waals surface area contributed by atoms with Gasteiger partial charge in [0.2, 0.25) is 11.1 Å². The van der Waals surface area contributed by atoms with Crippen molar-refractivity contribution in [1.29, 1.82) is 0 Å². The van der Waals surface area contributed by atoms with Gasteiger partial charge in [-0.05, 0) is 136 Å². The van der Waals surface area contributed by atoms with Crippen LogP contribution in [-0.4, -0.2) is 158 Å². The second-order valence-electron chi connectivity index (χ2n) is 25.4. The molecule has 0 aliphatic carbocycles. The summed E-state index contributed by atoms with van der Waals surface area (Å²) < 4.78 is 52.3. The highest BCUT2D eigenvalue weighted by Crippen LogP contribution is 2.36. The van der Waals surface area contributed by atoms with Crippen LogP contribution in [0, 0.1) is 0 Å². The molecule has 3 amide bonds. The number of phenolic OH excluding ortho intramolecular Hbond substituents is 1. The van der Waals surface area contributed by atoms with E-state index in [1.165, 1.54) is 36.4 Å². The van der Waals surface area contributed by atoms with Crippen LogP contribution in [0.15, 0.2) is 196 Å². The molecule has 38 heteroatoms. The van der Waals surface area contributed by atoms with Crippen LogP contribution >= 0.6 is 155 Å². The number of pyridine rings is 2. The average Bonchev–Trinajstić information content (AvgIpc) is 0.819. The number of phenols is 1. The minimum Gasteiger partial charge on any atom is -0.508 e. The van der Waals surface area contributed by atoms with E-state index in [0.717, 1.165) is 43.4 Å². The quantitative estimate of drug-likeness (QED) is 0.0145. The van der Waals surface area contributed by atoms with Gasteiger partial charge in [0.1, 0.15) is 67.5 Å². The molecule has 9 aromatic carbocycles. The van der Waals surface area contributed by atoms with Gasteiger partial charge < -0.3 is 83.5 Å². The second kappa shape index (κ2) is 56.1. The van der Waals surface area contributed by atoms with Crippen molar-refractivity contribution in [2.24, 2.45) is 0 Å². The number of nitrogens with one attached hydrogen (secondary N) is 5. The van der Waals surface area contributed by atoms with E-state index < -0.39 is 5.97 Å². The maximum Gasteiger partial charge on any atom is 0.338 e. The molecule has 2 heterocycles. The Labute approximate surface area is 792 Å². The molecule has 0 atom stereocenters. The van der Waals surface area contributed by atoms with Crippen LogP contribution in [0.3, 0.4) is 0 Å². The van der Waals surface area contributed by atoms with E-state index in [2.05, 4.69) is 41.8 Å². The SMILES string of the molecule is COCCOc1cc(Cl)c(C(=O)NCc2ccc(-c3cc[nH]c(=O)c3)cc2)c(Cl)c1.COCCOc1cc(Cl)c(C(=O)NCc2ccc(-c3cc[nH]c(=O)c3)cc2)c(Cl)c1.COCCOc1cc(Cl)c(C(=O)NCc2ccc(Br)cc2)c(Cl)c1.COCCOc1cc(Cl)c(C(=O)O)c(Cl)c1.COCCOc1cc(Cl)c(C=O)c(Cl)c1.O=Cc1c(Cl)cc(O)cc1Cl. The standard InChI is InChI=1S/2C22H20Cl2N2O4.C17H16BrCl2NO3.C10H10Cl2O4.C10H10Cl2O3.C7H4Cl2O2/c2*1-29-8-9-30-17-11-18(23)21(19(24)12-17)22(28)26-13-14-2-4-15(5-3-14)16-6-7-25-20(27)10-16;1-23-6-7-24-13-8-14(19)16(15(20)9-13)17(22)21-10-11-2-4-12(18)5-3-11;1-15-2-3-16-6-4-7(11)9(10(13)14)8(12)5-6;1-14-2-3-15-7-4-9(11)8(6-13)10(12)5-7;8-6-1-4(11)2-7(9)5(6)3-10/h2*2-7,10-12H,8-9,13H2,1H3,(H,25,27)(H,26,28);2-5,8-9H,6-7,10H2,1H3,(H,21,22);4-5H,2-3H2,1H3,(H,13,14);4-6H,2-3H2,1H3;1-3,11H. The number of carboxylic acid groups (broad SMARTS) is 1. The third-order valence-corrected chi connectivity index (χ3v) is 20.7. The molecule has 0 aliphatic rings. The number of hydrogen-bond donors (Lipinski definition) is 7. The van der Waals surface area contributed by atoms with Crippen LogP contribution in [0.5, 0.6) is 34.5 Å². The molecule has 0 radical (unpaired) electrons. The lowest BCUT2D eigenvalue weighted by Crippen LogP contribution is -2.23. The number of aromatic amines is 2. The van der Waals surface area contributed by atoms with E-state index in [0.29, 0.717) is 127 Å². The first kappa shape index (κ1) is 105. The van der Waals surface area contributed by atoms with E-state index in [-0.39, 0.29) is 128 Å². The number of amides is 3. The number of aromatic carboxylic acids is 1. The summed E-state index contributed by atoms with van der Waals surface area (Å²) in [6.45, 7) is 5.01. The van der Waals surface area contributed by atoms with Crippen molar-refractivity contribution >= 4 is 191 Å². The van der Waals surface area contributed by atoms with Gasteiger partial charge in [0.05, 0.1) is 127 Å². The number of hydrogen-bond acceptors (Lipinski definition) is 19. The summed E-state index contributed by atoms with van der Waals surface area (Å²) in [4.78, 5) is 97.3. The maximum atomic E-state index is 12.6. The second-order valence-corrected chi connectivity index (χ2v) is 31.2. The molecule has 668 valence electrons. The number of methoxy groups -OCH3 is 5. The van der Waals surface area contributed by atoms with Crippen LogP contribution in [0.25, 0.3) is 22.3 Å². The number of halogens is 13. The third kappa shape index (κ3) is 35.4. The number of carbonyl (C=O) groups is 6. The first-order chi connectivity index (χ1) is 60.3. The zero-order valence-corrected chi connectivity index (χ0v) is 78.0. The Morgan fingerprint density at radius 1 is 0.333 bits per heavy atom. The van der Waals surface area contributed by atoms with Crippen molar-refractivity contribution in [2.75, 3.05) is 102 Å². The Morgan fingerprint density at radius 3 is 0.810 bits per heavy atom. The molecular formula is C88H80BrCl12N5O20. The average molecular weight is 2030 g/mol. The minimum atomic E-state index is -1.17. The van der Waals surface area contributed by atoms with E-state index in [1.54, 1.807) is 96.5 Å². The van der Waals surface area contributed by atoms with Crippen LogP contribution in [0.4, 0.5) is 0 Å². The lowest BCUT2D eigenvalue weighted by Gasteiger charge is -2.12. The number of carbonyl (C=O) groups excluding carboxylic acids is 5. The van der Waals surface area contributed by atoms with Gasteiger partial charge in [-0.25, -0.2) is 4.79 Å². The van der Waals surface area contributed by atoms with Crippen molar-refractivity contribution in [3.8, 4) is 56.8 Å². The molecule has 126 heavy (non-hydrogen) atoms. The highest BCUT2D eigenvalue weighted by atomic mass is 79.9. The number of aromatic hydroxyl groups is 1. The summed E-state index contributed by atoms with van der Waals surface area (Å²) in [6, 6.07) is 47.2. The summed E-state index contributed by atoms with van der Waals surface area (Å²) in [5, 5.41) is 28.5. The summed E-state index contributed by atoms with van der Waals surface area (Å²) in [5.41, 5.74) is 6.86. The number of rotatable bonds is 34.